The number of hydrogen-bond acceptors (Lipinski definition) is 5. The standard InChI is InChI=1S/C20H30N4O3/c1-14(25)23-11-10-20(27,13-23)12-21-16-4-6-17(7-5-16)24-19(26)9-8-18(22-24)15-2-3-15/h8-9,15-17,21,27H,2-7,10-13H2,1H3. The second kappa shape index (κ2) is 7.36. The van der Waals surface area contributed by atoms with E-state index in [1.807, 2.05) is 6.07 Å². The highest BCUT2D eigenvalue weighted by molar-refractivity contribution is 5.73. The number of aromatic nitrogens is 2. The van der Waals surface area contributed by atoms with Gasteiger partial charge in [-0.05, 0) is 51.0 Å². The van der Waals surface area contributed by atoms with Crippen molar-refractivity contribution in [2.45, 2.75) is 75.5 Å². The molecule has 1 saturated heterocycles. The number of hydrogen-bond donors (Lipinski definition) is 2. The molecule has 1 unspecified atom stereocenters. The Kier molecular flexibility index (Phi) is 5.07. The molecule has 4 rings (SSSR count). The molecular formula is C20H30N4O3. The predicted molar refractivity (Wildman–Crippen MR) is 102 cm³/mol. The Morgan fingerprint density at radius 2 is 2.00 bits per heavy atom. The number of nitrogens with zero attached hydrogens (tertiary/aromatic N) is 3. The summed E-state index contributed by atoms with van der Waals surface area (Å²) in [5, 5.41) is 18.8. The monoisotopic (exact) mass is 374 g/mol. The van der Waals surface area contributed by atoms with Crippen LogP contribution in [-0.4, -0.2) is 57.0 Å². The van der Waals surface area contributed by atoms with Crippen molar-refractivity contribution < 1.29 is 9.90 Å². The maximum Gasteiger partial charge on any atom is 0.267 e. The SMILES string of the molecule is CC(=O)N1CCC(O)(CNC2CCC(n3nc(C4CC4)ccc3=O)CC2)C1. The normalized spacial score (nSPS) is 31.3. The molecule has 1 aliphatic heterocycles. The van der Waals surface area contributed by atoms with Crippen LogP contribution < -0.4 is 10.9 Å². The summed E-state index contributed by atoms with van der Waals surface area (Å²) in [6, 6.07) is 4.08. The fraction of sp³-hybridized carbons (Fsp3) is 0.750. The summed E-state index contributed by atoms with van der Waals surface area (Å²) in [5.41, 5.74) is 0.244. The molecule has 7 heteroatoms. The second-order valence-corrected chi connectivity index (χ2v) is 8.62. The number of β-amino-alcohol motifs (C(OH)–C–C–N with tert-alkyl or cyclic N) is 1. The van der Waals surface area contributed by atoms with Gasteiger partial charge in [0.25, 0.3) is 5.56 Å². The van der Waals surface area contributed by atoms with E-state index in [0.717, 1.165) is 31.4 Å². The summed E-state index contributed by atoms with van der Waals surface area (Å²) >= 11 is 0. The van der Waals surface area contributed by atoms with E-state index in [0.29, 0.717) is 38.0 Å². The lowest BCUT2D eigenvalue weighted by molar-refractivity contribution is -0.128. The van der Waals surface area contributed by atoms with Crippen LogP contribution in [0.4, 0.5) is 0 Å². The number of carbonyl (C=O) groups excluding carboxylic acids is 1. The van der Waals surface area contributed by atoms with Gasteiger partial charge in [-0.2, -0.15) is 5.10 Å². The van der Waals surface area contributed by atoms with Gasteiger partial charge in [0.15, 0.2) is 0 Å². The lowest BCUT2D eigenvalue weighted by atomic mass is 9.90. The molecular weight excluding hydrogens is 344 g/mol. The third-order valence-electron chi connectivity index (χ3n) is 6.38. The molecule has 148 valence electrons. The largest absolute Gasteiger partial charge is 0.387 e. The summed E-state index contributed by atoms with van der Waals surface area (Å²) in [5.74, 6) is 0.578. The Bertz CT molecular complexity index is 752. The van der Waals surface area contributed by atoms with Crippen molar-refractivity contribution in [3.05, 3.63) is 28.2 Å². The fourth-order valence-electron chi connectivity index (χ4n) is 4.43. The minimum atomic E-state index is -0.820. The Hall–Kier alpha value is -1.73. The highest BCUT2D eigenvalue weighted by Gasteiger charge is 2.37. The summed E-state index contributed by atoms with van der Waals surface area (Å²) in [7, 11) is 0. The van der Waals surface area contributed by atoms with Gasteiger partial charge in [0.05, 0.1) is 23.9 Å². The second-order valence-electron chi connectivity index (χ2n) is 8.62. The van der Waals surface area contributed by atoms with Gasteiger partial charge in [-0.25, -0.2) is 4.68 Å². The molecule has 3 aliphatic rings. The highest BCUT2D eigenvalue weighted by Crippen LogP contribution is 2.38. The van der Waals surface area contributed by atoms with Crippen LogP contribution in [0.25, 0.3) is 0 Å². The first-order chi connectivity index (χ1) is 12.9. The van der Waals surface area contributed by atoms with Gasteiger partial charge >= 0.3 is 0 Å². The van der Waals surface area contributed by atoms with Crippen molar-refractivity contribution in [2.75, 3.05) is 19.6 Å². The fourth-order valence-corrected chi connectivity index (χ4v) is 4.43. The number of aliphatic hydroxyl groups is 1. The van der Waals surface area contributed by atoms with Crippen LogP contribution in [0.15, 0.2) is 16.9 Å². The van der Waals surface area contributed by atoms with Crippen LogP contribution in [0.1, 0.15) is 69.5 Å². The Labute approximate surface area is 159 Å². The van der Waals surface area contributed by atoms with E-state index in [1.165, 1.54) is 12.8 Å². The molecule has 1 amide bonds. The summed E-state index contributed by atoms with van der Waals surface area (Å²) < 4.78 is 1.71. The van der Waals surface area contributed by atoms with E-state index in [-0.39, 0.29) is 17.5 Å². The van der Waals surface area contributed by atoms with E-state index in [4.69, 9.17) is 0 Å². The maximum atomic E-state index is 12.2. The van der Waals surface area contributed by atoms with Crippen molar-refractivity contribution in [1.29, 1.82) is 0 Å². The Morgan fingerprint density at radius 1 is 1.26 bits per heavy atom. The number of rotatable bonds is 5. The van der Waals surface area contributed by atoms with Crippen molar-refractivity contribution >= 4 is 5.91 Å². The van der Waals surface area contributed by atoms with Gasteiger partial charge < -0.3 is 15.3 Å². The average Bonchev–Trinajstić information content (AvgIpc) is 3.43. The minimum absolute atomic E-state index is 0.000370. The van der Waals surface area contributed by atoms with Crippen molar-refractivity contribution in [1.82, 2.24) is 20.0 Å². The molecule has 2 saturated carbocycles. The lowest BCUT2D eigenvalue weighted by Crippen LogP contribution is -2.47. The van der Waals surface area contributed by atoms with Gasteiger partial charge in [-0.3, -0.25) is 9.59 Å². The molecule has 2 aliphatic carbocycles. The number of likely N-dealkylation sites (tertiary alicyclic amines) is 1. The van der Waals surface area contributed by atoms with Gasteiger partial charge in [0.2, 0.25) is 5.91 Å². The molecule has 0 bridgehead atoms. The van der Waals surface area contributed by atoms with Crippen molar-refractivity contribution in [3.63, 3.8) is 0 Å². The zero-order chi connectivity index (χ0) is 19.0. The Morgan fingerprint density at radius 3 is 2.63 bits per heavy atom. The third-order valence-corrected chi connectivity index (χ3v) is 6.38. The van der Waals surface area contributed by atoms with Crippen molar-refractivity contribution in [3.8, 4) is 0 Å². The van der Waals surface area contributed by atoms with Crippen LogP contribution >= 0.6 is 0 Å². The van der Waals surface area contributed by atoms with E-state index in [2.05, 4.69) is 10.4 Å². The first-order valence-electron chi connectivity index (χ1n) is 10.2. The minimum Gasteiger partial charge on any atom is -0.387 e. The molecule has 1 aromatic rings. The van der Waals surface area contributed by atoms with Crippen LogP contribution in [0.2, 0.25) is 0 Å². The molecule has 2 heterocycles. The quantitative estimate of drug-likeness (QED) is 0.808. The maximum absolute atomic E-state index is 12.2. The summed E-state index contributed by atoms with van der Waals surface area (Å²) in [6.45, 7) is 3.11. The van der Waals surface area contributed by atoms with Gasteiger partial charge in [0.1, 0.15) is 0 Å². The van der Waals surface area contributed by atoms with Gasteiger partial charge in [-0.1, -0.05) is 0 Å². The molecule has 1 atom stereocenters. The third kappa shape index (κ3) is 4.24. The molecule has 0 aromatic carbocycles. The van der Waals surface area contributed by atoms with E-state index in [1.54, 1.807) is 22.6 Å². The molecule has 0 spiro atoms. The van der Waals surface area contributed by atoms with Gasteiger partial charge in [0, 0.05) is 38.0 Å². The van der Waals surface area contributed by atoms with Gasteiger partial charge in [-0.15, -0.1) is 0 Å². The van der Waals surface area contributed by atoms with Crippen LogP contribution in [0, 0.1) is 0 Å². The lowest BCUT2D eigenvalue weighted by Gasteiger charge is -2.32. The molecule has 2 N–H and O–H groups in total. The Balaban J connectivity index is 1.29. The van der Waals surface area contributed by atoms with Crippen LogP contribution in [0.5, 0.6) is 0 Å². The van der Waals surface area contributed by atoms with E-state index >= 15 is 0 Å². The van der Waals surface area contributed by atoms with Crippen LogP contribution in [-0.2, 0) is 4.79 Å². The predicted octanol–water partition coefficient (Wildman–Crippen LogP) is 1.18. The molecule has 3 fully saturated rings. The highest BCUT2D eigenvalue weighted by atomic mass is 16.3. The molecule has 0 radical (unpaired) electrons. The first-order valence-corrected chi connectivity index (χ1v) is 10.2. The number of nitrogens with one attached hydrogen (secondary N) is 1. The first kappa shape index (κ1) is 18.6. The average molecular weight is 374 g/mol. The number of amides is 1. The topological polar surface area (TPSA) is 87.5 Å². The number of carbonyl (C=O) groups is 1. The molecule has 7 nitrogen and oxygen atoms in total. The summed E-state index contributed by atoms with van der Waals surface area (Å²) in [6.07, 6.45) is 6.80. The van der Waals surface area contributed by atoms with Crippen molar-refractivity contribution in [2.24, 2.45) is 0 Å². The van der Waals surface area contributed by atoms with Crippen LogP contribution in [0.3, 0.4) is 0 Å². The summed E-state index contributed by atoms with van der Waals surface area (Å²) in [4.78, 5) is 25.4. The smallest absolute Gasteiger partial charge is 0.267 e. The zero-order valence-corrected chi connectivity index (χ0v) is 16.1. The molecule has 1 aromatic heterocycles. The molecule has 27 heavy (non-hydrogen) atoms. The van der Waals surface area contributed by atoms with E-state index in [9.17, 15) is 14.7 Å². The van der Waals surface area contributed by atoms with E-state index < -0.39 is 5.60 Å². The zero-order valence-electron chi connectivity index (χ0n) is 16.1.